The number of pyridine rings is 2. The molecule has 0 fully saturated rings. The molecular formula is C93H78N2O. The lowest BCUT2D eigenvalue weighted by Crippen LogP contribution is -2.04. The molecule has 3 nitrogen and oxygen atoms in total. The van der Waals surface area contributed by atoms with Crippen molar-refractivity contribution >= 4 is 5.78 Å². The molecule has 0 bridgehead atoms. The Labute approximate surface area is 567 Å². The fourth-order valence-electron chi connectivity index (χ4n) is 12.9. The van der Waals surface area contributed by atoms with Crippen LogP contribution in [0.2, 0.25) is 0 Å². The average Bonchev–Trinajstić information content (AvgIpc) is 0.884. The summed E-state index contributed by atoms with van der Waals surface area (Å²) in [7, 11) is 0. The summed E-state index contributed by atoms with van der Waals surface area (Å²) < 4.78 is 0. The minimum absolute atomic E-state index is 0.0268. The Morgan fingerprint density at radius 1 is 0.240 bits per heavy atom. The minimum Gasteiger partial charge on any atom is -0.289 e. The highest BCUT2D eigenvalue weighted by Gasteiger charge is 2.17. The van der Waals surface area contributed by atoms with Gasteiger partial charge in [0.2, 0.25) is 0 Å². The molecule has 0 saturated heterocycles. The fourth-order valence-corrected chi connectivity index (χ4v) is 12.9. The van der Waals surface area contributed by atoms with E-state index in [0.717, 1.165) is 104 Å². The maximum absolute atomic E-state index is 13.5. The average molecular weight is 1240 g/mol. The van der Waals surface area contributed by atoms with Crippen LogP contribution < -0.4 is 0 Å². The molecule has 2 aromatic heterocycles. The van der Waals surface area contributed by atoms with Crippen molar-refractivity contribution in [3.63, 3.8) is 0 Å². The molecule has 3 heteroatoms. The molecule has 14 rings (SSSR count). The molecule has 466 valence electrons. The highest BCUT2D eigenvalue weighted by atomic mass is 16.1. The van der Waals surface area contributed by atoms with E-state index in [0.29, 0.717) is 5.56 Å². The Hall–Kier alpha value is -11.4. The fraction of sp³-hybridized carbons (Fsp3) is 0.108. The summed E-state index contributed by atoms with van der Waals surface area (Å²) in [5, 5.41) is 0. The first-order chi connectivity index (χ1) is 46.9. The largest absolute Gasteiger partial charge is 0.289 e. The molecule has 96 heavy (non-hydrogen) atoms. The minimum atomic E-state index is 0.0268. The van der Waals surface area contributed by atoms with Crippen molar-refractivity contribution < 1.29 is 4.79 Å². The zero-order valence-corrected chi connectivity index (χ0v) is 55.7. The topological polar surface area (TPSA) is 42.9 Å². The third-order valence-electron chi connectivity index (χ3n) is 18.4. The van der Waals surface area contributed by atoms with Gasteiger partial charge in [0, 0.05) is 33.4 Å². The molecule has 0 aliphatic heterocycles. The molecule has 0 aliphatic rings. The number of aryl methyl sites for hydroxylation is 10. The second-order valence-electron chi connectivity index (χ2n) is 25.6. The SMILES string of the molecule is Cc1ccc(C)c(C(=O)c2cccc(-c3cc(-c4ccc(-c5ccccc5)cc4)cc(-c4ccccc4)n3)c2)c1.Cc1ccc(C)c(CCc2cccc(-c3cccc(-c4cc(-c5ccccc5)cc(-c5cccc(-c6cccc(CCc7cc(C)ccc7C)c6)c5)n4)c3)c2)c1. The molecule has 0 atom stereocenters. The number of ketones is 1. The summed E-state index contributed by atoms with van der Waals surface area (Å²) in [4.78, 5) is 23.9. The Kier molecular flexibility index (Phi) is 19.3. The molecule has 0 spiro atoms. The van der Waals surface area contributed by atoms with Crippen LogP contribution in [0.3, 0.4) is 0 Å². The molecule has 0 radical (unpaired) electrons. The predicted octanol–water partition coefficient (Wildman–Crippen LogP) is 23.8. The summed E-state index contributed by atoms with van der Waals surface area (Å²) in [5.41, 5.74) is 34.0. The first-order valence-corrected chi connectivity index (χ1v) is 33.4. The maximum atomic E-state index is 13.5. The van der Waals surface area contributed by atoms with Crippen molar-refractivity contribution in [2.24, 2.45) is 0 Å². The van der Waals surface area contributed by atoms with Gasteiger partial charge >= 0.3 is 0 Å². The van der Waals surface area contributed by atoms with Crippen LogP contribution in [-0.4, -0.2) is 15.8 Å². The monoisotopic (exact) mass is 1240 g/mol. The van der Waals surface area contributed by atoms with E-state index in [1.807, 2.05) is 80.6 Å². The molecule has 12 aromatic carbocycles. The van der Waals surface area contributed by atoms with Crippen molar-refractivity contribution in [2.75, 3.05) is 0 Å². The van der Waals surface area contributed by atoms with Crippen LogP contribution in [0.25, 0.3) is 101 Å². The van der Waals surface area contributed by atoms with Gasteiger partial charge in [-0.2, -0.15) is 0 Å². The Bertz CT molecular complexity index is 4900. The Morgan fingerprint density at radius 3 is 1.04 bits per heavy atom. The van der Waals surface area contributed by atoms with Crippen LogP contribution in [0.4, 0.5) is 0 Å². The number of nitrogens with zero attached hydrogens (tertiary/aromatic N) is 2. The van der Waals surface area contributed by atoms with Gasteiger partial charge < -0.3 is 0 Å². The van der Waals surface area contributed by atoms with Crippen molar-refractivity contribution in [1.82, 2.24) is 9.97 Å². The van der Waals surface area contributed by atoms with E-state index in [4.69, 9.17) is 9.97 Å². The third kappa shape index (κ3) is 15.3. The highest BCUT2D eigenvalue weighted by Crippen LogP contribution is 2.36. The second-order valence-corrected chi connectivity index (χ2v) is 25.6. The van der Waals surface area contributed by atoms with Gasteiger partial charge in [0.1, 0.15) is 0 Å². The van der Waals surface area contributed by atoms with E-state index in [9.17, 15) is 4.79 Å². The first-order valence-electron chi connectivity index (χ1n) is 33.4. The molecule has 0 saturated carbocycles. The summed E-state index contributed by atoms with van der Waals surface area (Å²) in [6.45, 7) is 12.8. The number of aromatic nitrogens is 2. The molecule has 0 unspecified atom stereocenters. The van der Waals surface area contributed by atoms with Crippen LogP contribution in [0.15, 0.2) is 315 Å². The zero-order chi connectivity index (χ0) is 65.9. The van der Waals surface area contributed by atoms with Gasteiger partial charge in [-0.3, -0.25) is 4.79 Å². The smallest absolute Gasteiger partial charge is 0.193 e. The van der Waals surface area contributed by atoms with Gasteiger partial charge in [-0.15, -0.1) is 0 Å². The van der Waals surface area contributed by atoms with Crippen molar-refractivity contribution in [1.29, 1.82) is 0 Å². The Morgan fingerprint density at radius 2 is 0.573 bits per heavy atom. The quantitative estimate of drug-likeness (QED) is 0.0854. The zero-order valence-electron chi connectivity index (χ0n) is 55.7. The van der Waals surface area contributed by atoms with E-state index in [1.54, 1.807) is 0 Å². The van der Waals surface area contributed by atoms with Crippen LogP contribution in [0, 0.1) is 41.5 Å². The third-order valence-corrected chi connectivity index (χ3v) is 18.4. The number of rotatable bonds is 17. The van der Waals surface area contributed by atoms with E-state index >= 15 is 0 Å². The van der Waals surface area contributed by atoms with Gasteiger partial charge in [-0.25, -0.2) is 9.97 Å². The molecule has 14 aromatic rings. The van der Waals surface area contributed by atoms with Crippen LogP contribution in [0.1, 0.15) is 71.6 Å². The highest BCUT2D eigenvalue weighted by molar-refractivity contribution is 6.10. The van der Waals surface area contributed by atoms with E-state index in [2.05, 4.69) is 276 Å². The number of hydrogen-bond acceptors (Lipinski definition) is 3. The molecule has 0 amide bonds. The number of carbonyl (C=O) groups excluding carboxylic acids is 1. The number of hydrogen-bond donors (Lipinski definition) is 0. The standard InChI is InChI=1S/C55H49N.C38H29NO/c1-38-22-24-40(3)45(30-38)28-26-42-12-8-16-47(32-42)49-18-10-20-51(34-49)54-36-53(44-14-6-5-7-15-44)37-55(56-54)52-21-11-19-50(35-52)48-17-9-13-43(33-48)27-29-46-31-39(2)23-25-41(46)4;1-26-16-17-27(2)35(22-26)38(40)33-15-9-14-32(23-33)37-25-34(24-36(39-37)31-12-7-4-8-13-31)30-20-18-29(19-21-30)28-10-5-3-6-11-28/h5-25,30-37H,26-29H2,1-4H3;3-25H,1-2H3. The Balaban J connectivity index is 0.000000183. The summed E-state index contributed by atoms with van der Waals surface area (Å²) in [5.74, 6) is 0.0268. The van der Waals surface area contributed by atoms with Gasteiger partial charge in [0.05, 0.1) is 22.8 Å². The van der Waals surface area contributed by atoms with Crippen LogP contribution in [-0.2, 0) is 25.7 Å². The molecular weight excluding hydrogens is 1160 g/mol. The summed E-state index contributed by atoms with van der Waals surface area (Å²) >= 11 is 0. The first kappa shape index (κ1) is 63.4. The molecule has 0 aliphatic carbocycles. The van der Waals surface area contributed by atoms with Gasteiger partial charge in [-0.1, -0.05) is 284 Å². The van der Waals surface area contributed by atoms with Crippen molar-refractivity contribution in [3.8, 4) is 101 Å². The second kappa shape index (κ2) is 29.3. The number of benzene rings is 12. The van der Waals surface area contributed by atoms with E-state index < -0.39 is 0 Å². The molecule has 0 N–H and O–H groups in total. The van der Waals surface area contributed by atoms with Gasteiger partial charge in [0.15, 0.2) is 5.78 Å². The number of carbonyl (C=O) groups is 1. The predicted molar refractivity (Wildman–Crippen MR) is 403 cm³/mol. The normalized spacial score (nSPS) is 11.0. The lowest BCUT2D eigenvalue weighted by atomic mass is 9.94. The van der Waals surface area contributed by atoms with Crippen LogP contribution in [0.5, 0.6) is 0 Å². The van der Waals surface area contributed by atoms with Crippen molar-refractivity contribution in [2.45, 2.75) is 67.2 Å². The maximum Gasteiger partial charge on any atom is 0.193 e. The lowest BCUT2D eigenvalue weighted by molar-refractivity contribution is 0.103. The van der Waals surface area contributed by atoms with E-state index in [-0.39, 0.29) is 5.78 Å². The van der Waals surface area contributed by atoms with Crippen LogP contribution >= 0.6 is 0 Å². The van der Waals surface area contributed by atoms with Gasteiger partial charge in [-0.05, 0) is 210 Å². The van der Waals surface area contributed by atoms with E-state index in [1.165, 1.54) is 83.5 Å². The van der Waals surface area contributed by atoms with Gasteiger partial charge in [0.25, 0.3) is 0 Å². The summed E-state index contributed by atoms with van der Waals surface area (Å²) in [6, 6.07) is 112. The molecule has 2 heterocycles. The summed E-state index contributed by atoms with van der Waals surface area (Å²) in [6.07, 6.45) is 4.10. The van der Waals surface area contributed by atoms with Crippen molar-refractivity contribution in [3.05, 3.63) is 382 Å². The lowest BCUT2D eigenvalue weighted by Gasteiger charge is -2.13.